The number of carbonyl (C=O) groups excluding carboxylic acids is 1. The average molecular weight is 395 g/mol. The molecular weight excluding hydrogens is 372 g/mol. The number of hydrogen-bond acceptors (Lipinski definition) is 3. The molecule has 0 aliphatic carbocycles. The van der Waals surface area contributed by atoms with Gasteiger partial charge in [0.15, 0.2) is 5.82 Å². The highest BCUT2D eigenvalue weighted by Gasteiger charge is 2.19. The van der Waals surface area contributed by atoms with Crippen molar-refractivity contribution in [2.45, 2.75) is 46.1 Å². The molecule has 1 aliphatic heterocycles. The predicted molar refractivity (Wildman–Crippen MR) is 112 cm³/mol. The van der Waals surface area contributed by atoms with E-state index in [2.05, 4.69) is 20.1 Å². The molecule has 0 saturated heterocycles. The first-order valence-electron chi connectivity index (χ1n) is 9.63. The lowest BCUT2D eigenvalue weighted by molar-refractivity contribution is 0.102. The Balaban J connectivity index is 1.65. The van der Waals surface area contributed by atoms with E-state index in [1.807, 2.05) is 44.2 Å². The van der Waals surface area contributed by atoms with Crippen LogP contribution in [0.1, 0.15) is 46.6 Å². The SMILES string of the molecule is Cc1cc(C)cc(C(=O)Nc2ccc(Cl)c(-c3nnc4n3CCCCC4)c2)c1. The second-order valence-corrected chi connectivity index (χ2v) is 7.83. The van der Waals surface area contributed by atoms with Gasteiger partial charge in [-0.15, -0.1) is 10.2 Å². The lowest BCUT2D eigenvalue weighted by Crippen LogP contribution is -2.12. The summed E-state index contributed by atoms with van der Waals surface area (Å²) >= 11 is 6.47. The van der Waals surface area contributed by atoms with Crippen LogP contribution >= 0.6 is 11.6 Å². The molecule has 0 unspecified atom stereocenters. The zero-order valence-electron chi connectivity index (χ0n) is 16.1. The van der Waals surface area contributed by atoms with E-state index in [4.69, 9.17) is 11.6 Å². The van der Waals surface area contributed by atoms with Gasteiger partial charge in [-0.05, 0) is 57.0 Å². The van der Waals surface area contributed by atoms with Gasteiger partial charge in [0.05, 0.1) is 5.02 Å². The Bertz CT molecular complexity index is 1020. The molecule has 6 heteroatoms. The van der Waals surface area contributed by atoms with Crippen LogP contribution in [0.3, 0.4) is 0 Å². The average Bonchev–Trinajstić information content (AvgIpc) is 2.90. The molecule has 4 rings (SSSR count). The summed E-state index contributed by atoms with van der Waals surface area (Å²) in [4.78, 5) is 12.7. The molecule has 1 N–H and O–H groups in total. The second kappa shape index (κ2) is 7.76. The van der Waals surface area contributed by atoms with Gasteiger partial charge in [-0.1, -0.05) is 35.2 Å². The molecule has 1 amide bonds. The molecule has 1 aliphatic rings. The first kappa shape index (κ1) is 18.7. The van der Waals surface area contributed by atoms with Crippen molar-refractivity contribution in [1.82, 2.24) is 14.8 Å². The van der Waals surface area contributed by atoms with Crippen molar-refractivity contribution in [1.29, 1.82) is 0 Å². The van der Waals surface area contributed by atoms with Crippen molar-refractivity contribution in [3.8, 4) is 11.4 Å². The van der Waals surface area contributed by atoms with Crippen LogP contribution in [-0.4, -0.2) is 20.7 Å². The van der Waals surface area contributed by atoms with Crippen LogP contribution in [0, 0.1) is 13.8 Å². The van der Waals surface area contributed by atoms with Crippen LogP contribution in [0.15, 0.2) is 36.4 Å². The fraction of sp³-hybridized carbons (Fsp3) is 0.318. The summed E-state index contributed by atoms with van der Waals surface area (Å²) in [6.07, 6.45) is 4.38. The van der Waals surface area contributed by atoms with Gasteiger partial charge in [-0.2, -0.15) is 0 Å². The molecule has 1 aromatic heterocycles. The van der Waals surface area contributed by atoms with E-state index >= 15 is 0 Å². The van der Waals surface area contributed by atoms with Gasteiger partial charge in [-0.25, -0.2) is 0 Å². The topological polar surface area (TPSA) is 59.8 Å². The van der Waals surface area contributed by atoms with E-state index < -0.39 is 0 Å². The standard InChI is InChI=1S/C22H23ClN4O/c1-14-10-15(2)12-16(11-14)22(28)24-17-7-8-19(23)18(13-17)21-26-25-20-6-4-3-5-9-27(20)21/h7-8,10-13H,3-6,9H2,1-2H3,(H,24,28). The number of rotatable bonds is 3. The zero-order valence-corrected chi connectivity index (χ0v) is 16.9. The summed E-state index contributed by atoms with van der Waals surface area (Å²) in [5.41, 5.74) is 4.25. The van der Waals surface area contributed by atoms with Crippen LogP contribution < -0.4 is 5.32 Å². The van der Waals surface area contributed by atoms with Gasteiger partial charge in [0, 0.05) is 29.8 Å². The maximum atomic E-state index is 12.7. The molecule has 0 radical (unpaired) electrons. The zero-order chi connectivity index (χ0) is 19.7. The molecule has 0 saturated carbocycles. The largest absolute Gasteiger partial charge is 0.322 e. The van der Waals surface area contributed by atoms with E-state index in [0.717, 1.165) is 54.1 Å². The quantitative estimate of drug-likeness (QED) is 0.664. The van der Waals surface area contributed by atoms with E-state index in [1.54, 1.807) is 6.07 Å². The van der Waals surface area contributed by atoms with Gasteiger partial charge in [0.25, 0.3) is 5.91 Å². The van der Waals surface area contributed by atoms with Crippen LogP contribution in [0.5, 0.6) is 0 Å². The summed E-state index contributed by atoms with van der Waals surface area (Å²) in [6.45, 7) is 4.87. The van der Waals surface area contributed by atoms with Crippen molar-refractivity contribution in [2.24, 2.45) is 0 Å². The maximum absolute atomic E-state index is 12.7. The first-order valence-corrected chi connectivity index (χ1v) is 10.0. The number of aryl methyl sites for hydroxylation is 3. The lowest BCUT2D eigenvalue weighted by Gasteiger charge is -2.11. The van der Waals surface area contributed by atoms with Crippen LogP contribution in [-0.2, 0) is 13.0 Å². The number of aromatic nitrogens is 3. The van der Waals surface area contributed by atoms with Crippen molar-refractivity contribution < 1.29 is 4.79 Å². The van der Waals surface area contributed by atoms with Gasteiger partial charge in [0.1, 0.15) is 5.82 Å². The number of fused-ring (bicyclic) bond motifs is 1. The molecule has 3 aromatic rings. The smallest absolute Gasteiger partial charge is 0.255 e. The molecule has 28 heavy (non-hydrogen) atoms. The van der Waals surface area contributed by atoms with Gasteiger partial charge >= 0.3 is 0 Å². The molecule has 5 nitrogen and oxygen atoms in total. The van der Waals surface area contributed by atoms with E-state index in [1.165, 1.54) is 6.42 Å². The molecule has 144 valence electrons. The van der Waals surface area contributed by atoms with Crippen molar-refractivity contribution >= 4 is 23.2 Å². The fourth-order valence-electron chi connectivity index (χ4n) is 3.77. The first-order chi connectivity index (χ1) is 13.5. The fourth-order valence-corrected chi connectivity index (χ4v) is 3.97. The van der Waals surface area contributed by atoms with Crippen LogP contribution in [0.25, 0.3) is 11.4 Å². The van der Waals surface area contributed by atoms with Gasteiger partial charge < -0.3 is 9.88 Å². The Morgan fingerprint density at radius 2 is 1.82 bits per heavy atom. The number of benzene rings is 2. The minimum atomic E-state index is -0.139. The Kier molecular flexibility index (Phi) is 5.18. The number of nitrogens with one attached hydrogen (secondary N) is 1. The highest BCUT2D eigenvalue weighted by Crippen LogP contribution is 2.31. The minimum Gasteiger partial charge on any atom is -0.322 e. The second-order valence-electron chi connectivity index (χ2n) is 7.43. The molecule has 0 fully saturated rings. The third kappa shape index (κ3) is 3.80. The maximum Gasteiger partial charge on any atom is 0.255 e. The molecular formula is C22H23ClN4O. The van der Waals surface area contributed by atoms with Gasteiger partial charge in [-0.3, -0.25) is 4.79 Å². The summed E-state index contributed by atoms with van der Waals surface area (Å²) in [5.74, 6) is 1.64. The van der Waals surface area contributed by atoms with Crippen molar-refractivity contribution in [3.05, 3.63) is 63.9 Å². The summed E-state index contributed by atoms with van der Waals surface area (Å²) < 4.78 is 2.16. The normalized spacial score (nSPS) is 13.7. The third-order valence-corrected chi connectivity index (χ3v) is 5.39. The number of anilines is 1. The monoisotopic (exact) mass is 394 g/mol. The molecule has 0 bridgehead atoms. The third-order valence-electron chi connectivity index (χ3n) is 5.06. The van der Waals surface area contributed by atoms with Crippen LogP contribution in [0.2, 0.25) is 5.02 Å². The number of amides is 1. The summed E-state index contributed by atoms with van der Waals surface area (Å²) in [5, 5.41) is 12.3. The van der Waals surface area contributed by atoms with E-state index in [-0.39, 0.29) is 5.91 Å². The van der Waals surface area contributed by atoms with Gasteiger partial charge in [0.2, 0.25) is 0 Å². The lowest BCUT2D eigenvalue weighted by atomic mass is 10.1. The van der Waals surface area contributed by atoms with E-state index in [9.17, 15) is 4.79 Å². The molecule has 0 spiro atoms. The number of carbonyl (C=O) groups is 1. The molecule has 2 heterocycles. The Hall–Kier alpha value is -2.66. The Labute approximate surface area is 169 Å². The molecule has 0 atom stereocenters. The highest BCUT2D eigenvalue weighted by atomic mass is 35.5. The predicted octanol–water partition coefficient (Wildman–Crippen LogP) is 5.19. The number of hydrogen-bond donors (Lipinski definition) is 1. The molecule has 2 aromatic carbocycles. The minimum absolute atomic E-state index is 0.139. The summed E-state index contributed by atoms with van der Waals surface area (Å²) in [6, 6.07) is 11.3. The van der Waals surface area contributed by atoms with Crippen LogP contribution in [0.4, 0.5) is 5.69 Å². The highest BCUT2D eigenvalue weighted by molar-refractivity contribution is 6.33. The number of nitrogens with zero attached hydrogens (tertiary/aromatic N) is 3. The number of halogens is 1. The Morgan fingerprint density at radius 1 is 1.04 bits per heavy atom. The van der Waals surface area contributed by atoms with E-state index in [0.29, 0.717) is 16.3 Å². The van der Waals surface area contributed by atoms with Crippen molar-refractivity contribution in [3.63, 3.8) is 0 Å². The van der Waals surface area contributed by atoms with Crippen molar-refractivity contribution in [2.75, 3.05) is 5.32 Å². The Morgan fingerprint density at radius 3 is 2.61 bits per heavy atom. The summed E-state index contributed by atoms with van der Waals surface area (Å²) in [7, 11) is 0.